The maximum absolute atomic E-state index is 12.6. The molecule has 5 nitrogen and oxygen atoms in total. The number of carbonyl (C=O) groups excluding carboxylic acids is 1. The first-order chi connectivity index (χ1) is 10.1. The Balaban J connectivity index is 1.90. The minimum atomic E-state index is -1.07. The fraction of sp³-hybridized carbons (Fsp3) is 0.643. The number of aliphatic carboxylic acids is 1. The van der Waals surface area contributed by atoms with E-state index in [1.807, 2.05) is 0 Å². The van der Waals surface area contributed by atoms with Gasteiger partial charge in [-0.3, -0.25) is 14.7 Å². The summed E-state index contributed by atoms with van der Waals surface area (Å²) in [5, 5.41) is 8.92. The first-order valence-electron chi connectivity index (χ1n) is 7.12. The van der Waals surface area contributed by atoms with Gasteiger partial charge in [0.25, 0.3) is 5.91 Å². The Morgan fingerprint density at radius 1 is 1.48 bits per heavy atom. The van der Waals surface area contributed by atoms with Crippen LogP contribution in [0.2, 0.25) is 0 Å². The molecule has 1 aliphatic carbocycles. The van der Waals surface area contributed by atoms with Gasteiger partial charge in [0, 0.05) is 11.5 Å². The summed E-state index contributed by atoms with van der Waals surface area (Å²) < 4.78 is 0. The fourth-order valence-electron chi connectivity index (χ4n) is 3.13. The number of halogens is 1. The molecule has 114 valence electrons. The van der Waals surface area contributed by atoms with Crippen molar-refractivity contribution in [1.82, 2.24) is 4.90 Å². The third-order valence-electron chi connectivity index (χ3n) is 4.23. The van der Waals surface area contributed by atoms with Crippen LogP contribution in [0.1, 0.15) is 32.1 Å². The second-order valence-electron chi connectivity index (χ2n) is 5.55. The predicted molar refractivity (Wildman–Crippen MR) is 82.8 cm³/mol. The molecule has 2 fully saturated rings. The molecule has 3 rings (SSSR count). The summed E-state index contributed by atoms with van der Waals surface area (Å²) in [6.45, 7) is 0. The summed E-state index contributed by atoms with van der Waals surface area (Å²) in [6.07, 6.45) is 6.83. The van der Waals surface area contributed by atoms with Gasteiger partial charge in [-0.15, -0.1) is 23.4 Å². The number of fused-ring (bicyclic) bond motifs is 1. The van der Waals surface area contributed by atoms with E-state index in [0.29, 0.717) is 5.75 Å². The first-order valence-corrected chi connectivity index (χ1v) is 8.71. The van der Waals surface area contributed by atoms with Gasteiger partial charge in [0.15, 0.2) is 5.54 Å². The fourth-order valence-corrected chi connectivity index (χ4v) is 4.85. The molecule has 0 aromatic carbocycles. The van der Waals surface area contributed by atoms with Crippen molar-refractivity contribution < 1.29 is 14.7 Å². The second kappa shape index (κ2) is 5.65. The smallest absolute Gasteiger partial charge is 0.352 e. The summed E-state index contributed by atoms with van der Waals surface area (Å²) in [6, 6.07) is 0. The molecule has 2 aliphatic heterocycles. The first kappa shape index (κ1) is 14.9. The number of amides is 1. The van der Waals surface area contributed by atoms with Crippen molar-refractivity contribution in [1.29, 1.82) is 0 Å². The van der Waals surface area contributed by atoms with E-state index < -0.39 is 11.5 Å². The average Bonchev–Trinajstić information content (AvgIpc) is 2.52. The Kier molecular flexibility index (Phi) is 4.01. The van der Waals surface area contributed by atoms with Crippen LogP contribution in [0, 0.1) is 0 Å². The number of carbonyl (C=O) groups is 2. The highest BCUT2D eigenvalue weighted by Gasteiger charge is 2.63. The molecule has 1 saturated heterocycles. The van der Waals surface area contributed by atoms with Gasteiger partial charge < -0.3 is 5.11 Å². The Hall–Kier alpha value is -1.01. The lowest BCUT2D eigenvalue weighted by Gasteiger charge is -2.54. The third kappa shape index (κ3) is 2.28. The van der Waals surface area contributed by atoms with Crippen molar-refractivity contribution in [2.75, 3.05) is 11.6 Å². The molecule has 0 aromatic rings. The van der Waals surface area contributed by atoms with E-state index in [0.717, 1.165) is 31.4 Å². The van der Waals surface area contributed by atoms with Crippen molar-refractivity contribution in [2.24, 2.45) is 4.99 Å². The molecule has 1 N–H and O–H groups in total. The van der Waals surface area contributed by atoms with Gasteiger partial charge in [0.1, 0.15) is 11.1 Å². The molecule has 3 aliphatic rings. The van der Waals surface area contributed by atoms with Gasteiger partial charge in [0.2, 0.25) is 0 Å². The summed E-state index contributed by atoms with van der Waals surface area (Å²) in [7, 11) is 0. The number of hydrogen-bond acceptors (Lipinski definition) is 4. The van der Waals surface area contributed by atoms with Gasteiger partial charge in [-0.1, -0.05) is 6.42 Å². The number of carboxylic acids is 1. The topological polar surface area (TPSA) is 70.0 Å². The summed E-state index contributed by atoms with van der Waals surface area (Å²) in [4.78, 5) is 29.8. The Morgan fingerprint density at radius 2 is 2.19 bits per heavy atom. The van der Waals surface area contributed by atoms with E-state index >= 15 is 0 Å². The third-order valence-corrected chi connectivity index (χ3v) is 5.92. The zero-order chi connectivity index (χ0) is 15.0. The number of β-lactam (4-membered cyclic amide) rings is 1. The lowest BCUT2D eigenvalue weighted by atomic mass is 9.88. The van der Waals surface area contributed by atoms with Gasteiger partial charge in [-0.05, 0) is 31.8 Å². The van der Waals surface area contributed by atoms with Gasteiger partial charge in [0.05, 0.1) is 5.88 Å². The van der Waals surface area contributed by atoms with Crippen LogP contribution in [0.25, 0.3) is 0 Å². The molecular weight excluding hydrogens is 312 g/mol. The molecule has 7 heteroatoms. The number of thioether (sulfide) groups is 1. The van der Waals surface area contributed by atoms with Crippen molar-refractivity contribution >= 4 is 41.0 Å². The summed E-state index contributed by atoms with van der Waals surface area (Å²) >= 11 is 7.62. The minimum Gasteiger partial charge on any atom is -0.477 e. The molecule has 21 heavy (non-hydrogen) atoms. The SMILES string of the molecule is O=C(O)C1=CCS[C@@H]2N1C(=O)C2(CCl)N=C1CCCCC1. The van der Waals surface area contributed by atoms with Crippen LogP contribution < -0.4 is 0 Å². The van der Waals surface area contributed by atoms with Crippen molar-refractivity contribution in [3.63, 3.8) is 0 Å². The zero-order valence-electron chi connectivity index (χ0n) is 11.5. The Labute approximate surface area is 132 Å². The molecule has 1 saturated carbocycles. The summed E-state index contributed by atoms with van der Waals surface area (Å²) in [5.74, 6) is -0.667. The predicted octanol–water partition coefficient (Wildman–Crippen LogP) is 2.25. The van der Waals surface area contributed by atoms with E-state index in [1.54, 1.807) is 6.08 Å². The molecule has 0 bridgehead atoms. The van der Waals surface area contributed by atoms with Crippen LogP contribution >= 0.6 is 23.4 Å². The van der Waals surface area contributed by atoms with E-state index in [4.69, 9.17) is 16.6 Å². The van der Waals surface area contributed by atoms with E-state index in [9.17, 15) is 14.7 Å². The highest BCUT2D eigenvalue weighted by atomic mass is 35.5. The van der Waals surface area contributed by atoms with Crippen LogP contribution in [0.15, 0.2) is 16.8 Å². The maximum atomic E-state index is 12.6. The highest BCUT2D eigenvalue weighted by molar-refractivity contribution is 8.00. The van der Waals surface area contributed by atoms with Crippen LogP contribution in [-0.2, 0) is 9.59 Å². The molecular formula is C14H17ClN2O3S. The van der Waals surface area contributed by atoms with Crippen LogP contribution in [-0.4, -0.2) is 50.1 Å². The number of nitrogens with zero attached hydrogens (tertiary/aromatic N) is 2. The Bertz CT molecular complexity index is 540. The molecule has 0 radical (unpaired) electrons. The highest BCUT2D eigenvalue weighted by Crippen LogP contribution is 2.47. The van der Waals surface area contributed by atoms with Crippen LogP contribution in [0.5, 0.6) is 0 Å². The number of aliphatic imine (C=N–C) groups is 1. The molecule has 0 aromatic heterocycles. The van der Waals surface area contributed by atoms with Crippen molar-refractivity contribution in [3.8, 4) is 0 Å². The molecule has 1 amide bonds. The van der Waals surface area contributed by atoms with Crippen LogP contribution in [0.4, 0.5) is 0 Å². The van der Waals surface area contributed by atoms with Gasteiger partial charge >= 0.3 is 5.97 Å². The van der Waals surface area contributed by atoms with E-state index in [-0.39, 0.29) is 22.9 Å². The minimum absolute atomic E-state index is 0.0633. The Morgan fingerprint density at radius 3 is 2.81 bits per heavy atom. The number of rotatable bonds is 3. The molecule has 1 unspecified atom stereocenters. The summed E-state index contributed by atoms with van der Waals surface area (Å²) in [5.41, 5.74) is 0.156. The standard InChI is InChI=1S/C14H17ClN2O3S/c15-8-14(16-9-4-2-1-3-5-9)12(20)17-10(11(18)19)6-7-21-13(14)17/h6,13H,1-5,7-8H2,(H,18,19)/t13-,14?/m0/s1. The lowest BCUT2D eigenvalue weighted by Crippen LogP contribution is -2.73. The van der Waals surface area contributed by atoms with Crippen molar-refractivity contribution in [3.05, 3.63) is 11.8 Å². The average molecular weight is 329 g/mol. The van der Waals surface area contributed by atoms with E-state index in [2.05, 4.69) is 0 Å². The number of alkyl halides is 1. The normalized spacial score (nSPS) is 32.1. The molecule has 0 spiro atoms. The quantitative estimate of drug-likeness (QED) is 0.637. The van der Waals surface area contributed by atoms with E-state index in [1.165, 1.54) is 23.1 Å². The largest absolute Gasteiger partial charge is 0.477 e. The van der Waals surface area contributed by atoms with Gasteiger partial charge in [-0.25, -0.2) is 4.79 Å². The maximum Gasteiger partial charge on any atom is 0.352 e. The number of carboxylic acid groups (broad SMARTS) is 1. The van der Waals surface area contributed by atoms with Gasteiger partial charge in [-0.2, -0.15) is 0 Å². The second-order valence-corrected chi connectivity index (χ2v) is 6.93. The van der Waals surface area contributed by atoms with Crippen molar-refractivity contribution in [2.45, 2.75) is 43.0 Å². The molecule has 2 heterocycles. The van der Waals surface area contributed by atoms with Crippen LogP contribution in [0.3, 0.4) is 0 Å². The number of hydrogen-bond donors (Lipinski definition) is 1. The monoisotopic (exact) mass is 328 g/mol. The molecule has 2 atom stereocenters. The zero-order valence-corrected chi connectivity index (χ0v) is 13.1. The lowest BCUT2D eigenvalue weighted by molar-refractivity contribution is -0.153.